The Morgan fingerprint density at radius 2 is 1.60 bits per heavy atom. The molecular weight excluding hydrogens is 308 g/mol. The molecule has 0 heterocycles. The molecule has 0 bridgehead atoms. The van der Waals surface area contributed by atoms with Crippen LogP contribution in [0.25, 0.3) is 0 Å². The van der Waals surface area contributed by atoms with Crippen molar-refractivity contribution in [3.63, 3.8) is 0 Å². The minimum absolute atomic E-state index is 0.0120. The van der Waals surface area contributed by atoms with E-state index < -0.39 is 26.7 Å². The van der Waals surface area contributed by atoms with Crippen LogP contribution in [-0.2, 0) is 9.13 Å². The zero-order valence-corrected chi connectivity index (χ0v) is 13.9. The molecule has 0 aliphatic heterocycles. The van der Waals surface area contributed by atoms with Crippen LogP contribution in [0.5, 0.6) is 0 Å². The molecule has 0 aliphatic rings. The van der Waals surface area contributed by atoms with E-state index in [4.69, 9.17) is 14.7 Å². The van der Waals surface area contributed by atoms with Crippen molar-refractivity contribution >= 4 is 15.2 Å². The molecule has 0 fully saturated rings. The standard InChI is InChI=1S/C10H25NO7P2/c1-4-5-6-8-11(2,3)9-7-10(12,19(13,14)15)20(16,17)18/h12H,4-9H2,1-3H3,(H3-,13,14,15,16,17,18). The van der Waals surface area contributed by atoms with Crippen molar-refractivity contribution in [2.45, 2.75) is 37.7 Å². The number of nitrogens with zero attached hydrogens (tertiary/aromatic N) is 1. The molecule has 0 aliphatic carbocycles. The normalized spacial score (nSPS) is 19.4. The van der Waals surface area contributed by atoms with E-state index in [0.717, 1.165) is 19.3 Å². The largest absolute Gasteiger partial charge is 0.776 e. The molecule has 0 radical (unpaired) electrons. The first-order chi connectivity index (χ1) is 8.77. The summed E-state index contributed by atoms with van der Waals surface area (Å²) in [6, 6.07) is 0. The molecule has 8 nitrogen and oxygen atoms in total. The Hall–Kier alpha value is 0.220. The Bertz CT molecular complexity index is 378. The van der Waals surface area contributed by atoms with E-state index in [1.54, 1.807) is 14.1 Å². The van der Waals surface area contributed by atoms with Crippen LogP contribution in [0.15, 0.2) is 0 Å². The Morgan fingerprint density at radius 1 is 1.10 bits per heavy atom. The van der Waals surface area contributed by atoms with Crippen LogP contribution in [0, 0.1) is 0 Å². The highest BCUT2D eigenvalue weighted by molar-refractivity contribution is 7.71. The van der Waals surface area contributed by atoms with Gasteiger partial charge >= 0.3 is 7.60 Å². The van der Waals surface area contributed by atoms with Gasteiger partial charge in [0.15, 0.2) is 7.60 Å². The maximum Gasteiger partial charge on any atom is 0.365 e. The molecule has 122 valence electrons. The van der Waals surface area contributed by atoms with Crippen molar-refractivity contribution in [2.75, 3.05) is 27.2 Å². The second-order valence-corrected chi connectivity index (χ2v) is 9.64. The van der Waals surface area contributed by atoms with Crippen LogP contribution < -0.4 is 4.89 Å². The Labute approximate surface area is 119 Å². The molecule has 0 spiro atoms. The van der Waals surface area contributed by atoms with Crippen LogP contribution in [-0.4, -0.2) is 56.5 Å². The van der Waals surface area contributed by atoms with Gasteiger partial charge in [-0.25, -0.2) is 0 Å². The highest BCUT2D eigenvalue weighted by atomic mass is 31.2. The van der Waals surface area contributed by atoms with Gasteiger partial charge in [-0.3, -0.25) is 4.57 Å². The monoisotopic (exact) mass is 333 g/mol. The van der Waals surface area contributed by atoms with Gasteiger partial charge in [0.05, 0.1) is 27.2 Å². The maximum atomic E-state index is 11.2. The Balaban J connectivity index is 4.89. The van der Waals surface area contributed by atoms with Crippen molar-refractivity contribution in [2.24, 2.45) is 0 Å². The number of quaternary nitrogens is 1. The molecule has 0 saturated heterocycles. The van der Waals surface area contributed by atoms with Gasteiger partial charge in [-0.15, -0.1) is 0 Å². The quantitative estimate of drug-likeness (QED) is 0.265. The molecular formula is C10H25NO7P2. The number of hydrogen-bond donors (Lipinski definition) is 4. The zero-order chi connectivity index (χ0) is 16.2. The molecule has 0 aromatic carbocycles. The minimum atomic E-state index is -5.59. The molecule has 0 rings (SSSR count). The van der Waals surface area contributed by atoms with E-state index in [2.05, 4.69) is 0 Å². The summed E-state index contributed by atoms with van der Waals surface area (Å²) in [7, 11) is -7.47. The van der Waals surface area contributed by atoms with E-state index in [1.165, 1.54) is 0 Å². The molecule has 0 amide bonds. The predicted octanol–water partition coefficient (Wildman–Crippen LogP) is 0.0126. The van der Waals surface area contributed by atoms with Crippen molar-refractivity contribution in [3.8, 4) is 0 Å². The fourth-order valence-corrected chi connectivity index (χ4v) is 3.90. The third-order valence-corrected chi connectivity index (χ3v) is 7.16. The van der Waals surface area contributed by atoms with Gasteiger partial charge in [0.25, 0.3) is 0 Å². The average molecular weight is 333 g/mol. The summed E-state index contributed by atoms with van der Waals surface area (Å²) in [6.45, 7) is 2.73. The lowest BCUT2D eigenvalue weighted by atomic mass is 10.2. The van der Waals surface area contributed by atoms with E-state index in [1.807, 2.05) is 6.92 Å². The van der Waals surface area contributed by atoms with E-state index in [0.29, 0.717) is 11.0 Å². The molecule has 2 atom stereocenters. The number of aliphatic hydroxyl groups is 1. The van der Waals surface area contributed by atoms with Gasteiger partial charge in [-0.05, 0) is 12.8 Å². The second-order valence-electron chi connectivity index (χ2n) is 5.68. The summed E-state index contributed by atoms with van der Waals surface area (Å²) in [5.41, 5.74) is 0. The van der Waals surface area contributed by atoms with Crippen LogP contribution in [0.3, 0.4) is 0 Å². The predicted molar refractivity (Wildman–Crippen MR) is 72.8 cm³/mol. The van der Waals surface area contributed by atoms with Gasteiger partial charge in [-0.1, -0.05) is 13.3 Å². The number of hydrogen-bond acceptors (Lipinski definition) is 4. The number of rotatable bonds is 9. The van der Waals surface area contributed by atoms with Gasteiger partial charge in [0, 0.05) is 6.42 Å². The van der Waals surface area contributed by atoms with Gasteiger partial charge < -0.3 is 33.7 Å². The minimum Gasteiger partial charge on any atom is -0.776 e. The summed E-state index contributed by atoms with van der Waals surface area (Å²) >= 11 is 0. The third kappa shape index (κ3) is 5.54. The van der Waals surface area contributed by atoms with Crippen LogP contribution in [0.2, 0.25) is 0 Å². The first-order valence-corrected chi connectivity index (χ1v) is 9.60. The van der Waals surface area contributed by atoms with Crippen molar-refractivity contribution in [1.29, 1.82) is 0 Å². The molecule has 0 aromatic heterocycles. The Kier molecular flexibility index (Phi) is 7.06. The summed E-state index contributed by atoms with van der Waals surface area (Å²) in [6.07, 6.45) is 2.16. The van der Waals surface area contributed by atoms with Crippen LogP contribution >= 0.6 is 15.2 Å². The SMILES string of the molecule is CCCCC[N+](C)(C)CCC(O)(P(=O)([O-])O)P(=O)(O)O. The smallest absolute Gasteiger partial charge is 0.365 e. The summed E-state index contributed by atoms with van der Waals surface area (Å²) < 4.78 is 22.6. The summed E-state index contributed by atoms with van der Waals surface area (Å²) in [5.74, 6) is 0. The molecule has 10 heteroatoms. The van der Waals surface area contributed by atoms with Gasteiger partial charge in [0.1, 0.15) is 0 Å². The Morgan fingerprint density at radius 3 is 1.95 bits per heavy atom. The first kappa shape index (κ1) is 20.2. The van der Waals surface area contributed by atoms with Gasteiger partial charge in [-0.2, -0.15) is 0 Å². The van der Waals surface area contributed by atoms with Crippen LogP contribution in [0.4, 0.5) is 0 Å². The third-order valence-electron chi connectivity index (χ3n) is 3.34. The van der Waals surface area contributed by atoms with Crippen molar-refractivity contribution < 1.29 is 38.3 Å². The lowest BCUT2D eigenvalue weighted by Gasteiger charge is -2.39. The summed E-state index contributed by atoms with van der Waals surface area (Å²) in [4.78, 5) is 38.1. The fraction of sp³-hybridized carbons (Fsp3) is 1.00. The van der Waals surface area contributed by atoms with Crippen LogP contribution in [0.1, 0.15) is 32.6 Å². The van der Waals surface area contributed by atoms with Gasteiger partial charge in [0.2, 0.25) is 5.08 Å². The zero-order valence-electron chi connectivity index (χ0n) is 12.1. The topological polar surface area (TPSA) is 138 Å². The van der Waals surface area contributed by atoms with Crippen molar-refractivity contribution in [1.82, 2.24) is 0 Å². The highest BCUT2D eigenvalue weighted by Gasteiger charge is 2.54. The molecule has 4 N–H and O–H groups in total. The second kappa shape index (κ2) is 6.99. The van der Waals surface area contributed by atoms with E-state index >= 15 is 0 Å². The molecule has 0 saturated carbocycles. The van der Waals surface area contributed by atoms with Crippen molar-refractivity contribution in [3.05, 3.63) is 0 Å². The maximum absolute atomic E-state index is 11.2. The molecule has 20 heavy (non-hydrogen) atoms. The highest BCUT2D eigenvalue weighted by Crippen LogP contribution is 2.67. The summed E-state index contributed by atoms with van der Waals surface area (Å²) in [5, 5.41) is 6.30. The average Bonchev–Trinajstić information content (AvgIpc) is 2.23. The number of unbranched alkanes of at least 4 members (excludes halogenated alkanes) is 2. The van der Waals surface area contributed by atoms with E-state index in [-0.39, 0.29) is 6.54 Å². The lowest BCUT2D eigenvalue weighted by molar-refractivity contribution is -0.891. The fourth-order valence-electron chi connectivity index (χ4n) is 1.81. The lowest BCUT2D eigenvalue weighted by Crippen LogP contribution is -2.45. The molecule has 2 unspecified atom stereocenters. The molecule has 0 aromatic rings. The van der Waals surface area contributed by atoms with E-state index in [9.17, 15) is 19.1 Å². The first-order valence-electron chi connectivity index (χ1n) is 6.41.